The Morgan fingerprint density at radius 3 is 2.39 bits per heavy atom. The topological polar surface area (TPSA) is 164 Å². The number of amides is 4. The van der Waals surface area contributed by atoms with Crippen molar-refractivity contribution in [3.8, 4) is 5.75 Å². The van der Waals surface area contributed by atoms with Gasteiger partial charge in [0, 0.05) is 37.7 Å². The average molecular weight is 774 g/mol. The minimum Gasteiger partial charge on any atom is -0.489 e. The SMILES string of the molecule is CCOc1c(F)cc(C2=C[C@]3(C[C@@H](C(=O)NC(CC4CCC4)C(=O)C(=O)NC4CC4)N(C(=O)[C@@H](NC(=O)CC4CCOCC4)C(C)(C)C)C3)ON2)cc1Cl. The Morgan fingerprint density at radius 1 is 1.06 bits per heavy atom. The third kappa shape index (κ3) is 9.36. The molecule has 1 unspecified atom stereocenters. The molecule has 0 aromatic heterocycles. The van der Waals surface area contributed by atoms with E-state index in [1.807, 2.05) is 20.8 Å². The largest absolute Gasteiger partial charge is 0.489 e. The fraction of sp³-hybridized carbons (Fsp3) is 0.667. The van der Waals surface area contributed by atoms with Crippen molar-refractivity contribution in [2.24, 2.45) is 17.3 Å². The van der Waals surface area contributed by atoms with Crippen molar-refractivity contribution in [3.05, 3.63) is 34.6 Å². The van der Waals surface area contributed by atoms with E-state index in [1.165, 1.54) is 17.0 Å². The van der Waals surface area contributed by atoms with Crippen LogP contribution in [-0.2, 0) is 33.5 Å². The molecule has 15 heteroatoms. The van der Waals surface area contributed by atoms with E-state index in [0.29, 0.717) is 30.9 Å². The number of nitrogens with one attached hydrogen (secondary N) is 4. The number of benzene rings is 1. The molecule has 6 rings (SSSR count). The van der Waals surface area contributed by atoms with Crippen LogP contribution in [0.1, 0.15) is 97.5 Å². The molecule has 3 heterocycles. The third-order valence-corrected chi connectivity index (χ3v) is 11.4. The monoisotopic (exact) mass is 773 g/mol. The van der Waals surface area contributed by atoms with E-state index < -0.39 is 58.5 Å². The summed E-state index contributed by atoms with van der Waals surface area (Å²) in [5.41, 5.74) is 1.58. The van der Waals surface area contributed by atoms with Crippen LogP contribution in [0.2, 0.25) is 5.02 Å². The maximum absolute atomic E-state index is 15.0. The molecule has 1 spiro atoms. The smallest absolute Gasteiger partial charge is 0.289 e. The molecule has 4 fully saturated rings. The van der Waals surface area contributed by atoms with Crippen molar-refractivity contribution in [2.75, 3.05) is 26.4 Å². The van der Waals surface area contributed by atoms with E-state index in [0.717, 1.165) is 44.9 Å². The number of hydrogen-bond acceptors (Lipinski definition) is 9. The number of ether oxygens (including phenoxy) is 2. The number of halogens is 2. The van der Waals surface area contributed by atoms with Gasteiger partial charge in [0.2, 0.25) is 23.5 Å². The molecule has 4 atom stereocenters. The van der Waals surface area contributed by atoms with Gasteiger partial charge < -0.3 is 30.3 Å². The van der Waals surface area contributed by atoms with Gasteiger partial charge in [0.05, 0.1) is 29.9 Å². The minimum atomic E-state index is -1.25. The number of carbonyl (C=O) groups is 5. The lowest BCUT2D eigenvalue weighted by Crippen LogP contribution is -2.59. The lowest BCUT2D eigenvalue weighted by Gasteiger charge is -2.36. The maximum atomic E-state index is 15.0. The van der Waals surface area contributed by atoms with Crippen molar-refractivity contribution >= 4 is 46.7 Å². The van der Waals surface area contributed by atoms with Crippen LogP contribution in [0.15, 0.2) is 18.2 Å². The Kier molecular flexibility index (Phi) is 12.2. The Bertz CT molecular complexity index is 1630. The van der Waals surface area contributed by atoms with Crippen molar-refractivity contribution in [1.29, 1.82) is 0 Å². The first-order chi connectivity index (χ1) is 25.7. The number of carbonyl (C=O) groups excluding carboxylic acids is 5. The molecule has 2 aliphatic carbocycles. The highest BCUT2D eigenvalue weighted by atomic mass is 35.5. The molecule has 4 amide bonds. The van der Waals surface area contributed by atoms with E-state index in [-0.39, 0.29) is 60.6 Å². The molecule has 2 saturated heterocycles. The van der Waals surface area contributed by atoms with Crippen LogP contribution >= 0.6 is 11.6 Å². The lowest BCUT2D eigenvalue weighted by atomic mass is 9.80. The maximum Gasteiger partial charge on any atom is 0.289 e. The van der Waals surface area contributed by atoms with Gasteiger partial charge in [-0.25, -0.2) is 4.39 Å². The van der Waals surface area contributed by atoms with Gasteiger partial charge >= 0.3 is 0 Å². The van der Waals surface area contributed by atoms with Gasteiger partial charge in [-0.3, -0.25) is 34.3 Å². The van der Waals surface area contributed by atoms with Crippen molar-refractivity contribution in [2.45, 2.75) is 122 Å². The summed E-state index contributed by atoms with van der Waals surface area (Å²) in [6.07, 6.45) is 8.13. The number of ketones is 1. The predicted octanol–water partition coefficient (Wildman–Crippen LogP) is 3.96. The standard InChI is InChI=1S/C39H53ClFN5O8/c1-5-53-33-26(40)17-24(18-27(33)41)29-19-39(54-45-29)20-30(35(49)43-28(15-22-7-6-8-22)32(48)36(50)42-25-9-10-25)46(21-39)37(51)34(38(2,3)4)44-31(47)16-23-11-13-52-14-12-23/h17-19,22-23,25,28,30,34,45H,5-16,20-21H2,1-4H3,(H,42,50)(H,43,49)(H,44,47)/t28?,30-,34+,39+/m0/s1. The number of nitrogens with zero attached hydrogens (tertiary/aromatic N) is 1. The minimum absolute atomic E-state index is 0.0280. The van der Waals surface area contributed by atoms with E-state index in [9.17, 15) is 24.0 Å². The van der Waals surface area contributed by atoms with Crippen LogP contribution in [0.4, 0.5) is 4.39 Å². The Hall–Kier alpha value is -3.75. The lowest BCUT2D eigenvalue weighted by molar-refractivity contribution is -0.145. The molecule has 4 N–H and O–H groups in total. The van der Waals surface area contributed by atoms with Crippen molar-refractivity contribution in [3.63, 3.8) is 0 Å². The molecule has 5 aliphatic rings. The summed E-state index contributed by atoms with van der Waals surface area (Å²) in [5.74, 6) is -3.23. The Morgan fingerprint density at radius 2 is 1.78 bits per heavy atom. The van der Waals surface area contributed by atoms with Gasteiger partial charge in [-0.05, 0) is 74.5 Å². The van der Waals surface area contributed by atoms with Gasteiger partial charge in [-0.1, -0.05) is 51.6 Å². The second kappa shape index (κ2) is 16.5. The molecule has 3 aliphatic heterocycles. The summed E-state index contributed by atoms with van der Waals surface area (Å²) in [5, 5.41) is 8.63. The van der Waals surface area contributed by atoms with E-state index in [2.05, 4.69) is 21.4 Å². The molecule has 2 saturated carbocycles. The summed E-state index contributed by atoms with van der Waals surface area (Å²) >= 11 is 6.37. The number of hydrogen-bond donors (Lipinski definition) is 4. The van der Waals surface area contributed by atoms with Gasteiger partial charge in [-0.2, -0.15) is 0 Å². The van der Waals surface area contributed by atoms with Gasteiger partial charge in [0.1, 0.15) is 17.7 Å². The van der Waals surface area contributed by atoms with Gasteiger partial charge in [0.15, 0.2) is 11.6 Å². The number of Topliss-reactive ketones (excluding diaryl/α,β-unsaturated/α-hetero) is 1. The zero-order valence-electron chi connectivity index (χ0n) is 31.6. The number of rotatable bonds is 14. The molecule has 296 valence electrons. The number of likely N-dealkylation sites (tertiary alicyclic amines) is 1. The molecule has 13 nitrogen and oxygen atoms in total. The van der Waals surface area contributed by atoms with Crippen LogP contribution in [0.25, 0.3) is 5.70 Å². The fourth-order valence-corrected chi connectivity index (χ4v) is 7.88. The molecule has 1 aromatic rings. The van der Waals surface area contributed by atoms with Crippen LogP contribution in [0.3, 0.4) is 0 Å². The van der Waals surface area contributed by atoms with Crippen LogP contribution in [0, 0.1) is 23.1 Å². The Labute approximate surface area is 320 Å². The second-order valence-corrected chi connectivity index (χ2v) is 17.0. The summed E-state index contributed by atoms with van der Waals surface area (Å²) in [4.78, 5) is 76.4. The zero-order valence-corrected chi connectivity index (χ0v) is 32.3. The van der Waals surface area contributed by atoms with Crippen molar-refractivity contribution in [1.82, 2.24) is 26.3 Å². The summed E-state index contributed by atoms with van der Waals surface area (Å²) in [6.45, 7) is 8.53. The first-order valence-electron chi connectivity index (χ1n) is 19.3. The molecule has 0 radical (unpaired) electrons. The highest BCUT2D eigenvalue weighted by Crippen LogP contribution is 2.41. The molecular weight excluding hydrogens is 721 g/mol. The highest BCUT2D eigenvalue weighted by Gasteiger charge is 2.54. The summed E-state index contributed by atoms with van der Waals surface area (Å²) < 4.78 is 25.8. The van der Waals surface area contributed by atoms with Crippen molar-refractivity contribution < 1.29 is 42.7 Å². The zero-order chi connectivity index (χ0) is 38.8. The van der Waals surface area contributed by atoms with E-state index in [1.54, 1.807) is 13.0 Å². The molecule has 54 heavy (non-hydrogen) atoms. The van der Waals surface area contributed by atoms with Crippen LogP contribution in [-0.4, -0.2) is 90.4 Å². The highest BCUT2D eigenvalue weighted by molar-refractivity contribution is 6.38. The predicted molar refractivity (Wildman–Crippen MR) is 197 cm³/mol. The van der Waals surface area contributed by atoms with Gasteiger partial charge in [0.25, 0.3) is 5.91 Å². The average Bonchev–Trinajstić information content (AvgIpc) is 3.70. The summed E-state index contributed by atoms with van der Waals surface area (Å²) in [6, 6.07) is -0.471. The molecule has 1 aromatic carbocycles. The van der Waals surface area contributed by atoms with Crippen LogP contribution < -0.4 is 26.2 Å². The fourth-order valence-electron chi connectivity index (χ4n) is 7.61. The second-order valence-electron chi connectivity index (χ2n) is 16.5. The normalized spacial score (nSPS) is 24.2. The quantitative estimate of drug-likeness (QED) is 0.205. The molecular formula is C39H53ClFN5O8. The first-order valence-corrected chi connectivity index (χ1v) is 19.7. The van der Waals surface area contributed by atoms with E-state index in [4.69, 9.17) is 25.9 Å². The number of hydroxylamine groups is 1. The Balaban J connectivity index is 1.28. The first kappa shape index (κ1) is 39.9. The summed E-state index contributed by atoms with van der Waals surface area (Å²) in [7, 11) is 0. The molecule has 0 bridgehead atoms. The van der Waals surface area contributed by atoms with Gasteiger partial charge in [-0.15, -0.1) is 0 Å². The van der Waals surface area contributed by atoms with E-state index >= 15 is 4.39 Å². The van der Waals surface area contributed by atoms with Crippen LogP contribution in [0.5, 0.6) is 5.75 Å². The third-order valence-electron chi connectivity index (χ3n) is 11.1.